The number of likely N-dealkylation sites (tertiary alicyclic amines) is 1. The fraction of sp³-hybridized carbons (Fsp3) is 0.571. The van der Waals surface area contributed by atoms with Crippen LogP contribution in [-0.2, 0) is 0 Å². The van der Waals surface area contributed by atoms with Crippen molar-refractivity contribution in [3.05, 3.63) is 29.8 Å². The lowest BCUT2D eigenvalue weighted by Crippen LogP contribution is -2.33. The molecule has 0 spiro atoms. The zero-order valence-corrected chi connectivity index (χ0v) is 11.3. The van der Waals surface area contributed by atoms with Gasteiger partial charge in [-0.25, -0.2) is 0 Å². The van der Waals surface area contributed by atoms with Crippen LogP contribution < -0.4 is 10.1 Å². The summed E-state index contributed by atoms with van der Waals surface area (Å²) in [5, 5.41) is 3.56. The molecule has 2 atom stereocenters. The minimum absolute atomic E-state index is 0.201. The SMILES string of the molecule is CC(NC1CCN(C)C1)c1ccc(OC(F)F)cc1. The number of halogens is 2. The number of benzene rings is 1. The van der Waals surface area contributed by atoms with Gasteiger partial charge in [-0.3, -0.25) is 0 Å². The Morgan fingerprint density at radius 2 is 2.00 bits per heavy atom. The lowest BCUT2D eigenvalue weighted by atomic mass is 10.1. The van der Waals surface area contributed by atoms with Crippen LogP contribution in [0.5, 0.6) is 5.75 Å². The molecule has 1 aromatic rings. The van der Waals surface area contributed by atoms with Gasteiger partial charge in [0.25, 0.3) is 0 Å². The van der Waals surface area contributed by atoms with Crippen LogP contribution in [0.25, 0.3) is 0 Å². The molecule has 2 rings (SSSR count). The van der Waals surface area contributed by atoms with Crippen LogP contribution in [0.4, 0.5) is 8.78 Å². The molecule has 1 aliphatic rings. The minimum Gasteiger partial charge on any atom is -0.435 e. The molecule has 1 N–H and O–H groups in total. The predicted molar refractivity (Wildman–Crippen MR) is 70.5 cm³/mol. The van der Waals surface area contributed by atoms with Gasteiger partial charge >= 0.3 is 6.61 Å². The van der Waals surface area contributed by atoms with Gasteiger partial charge in [0, 0.05) is 18.6 Å². The van der Waals surface area contributed by atoms with Crippen molar-refractivity contribution < 1.29 is 13.5 Å². The molecule has 19 heavy (non-hydrogen) atoms. The zero-order chi connectivity index (χ0) is 13.8. The van der Waals surface area contributed by atoms with E-state index in [9.17, 15) is 8.78 Å². The second-order valence-corrected chi connectivity index (χ2v) is 5.08. The number of ether oxygens (including phenoxy) is 1. The first kappa shape index (κ1) is 14.2. The lowest BCUT2D eigenvalue weighted by Gasteiger charge is -2.20. The molecule has 106 valence electrons. The first-order valence-electron chi connectivity index (χ1n) is 6.54. The summed E-state index contributed by atoms with van der Waals surface area (Å²) in [5.74, 6) is 0.201. The van der Waals surface area contributed by atoms with Gasteiger partial charge in [-0.05, 0) is 44.6 Å². The molecule has 3 nitrogen and oxygen atoms in total. The summed E-state index contributed by atoms with van der Waals surface area (Å²) in [6.45, 7) is 1.49. The van der Waals surface area contributed by atoms with Crippen molar-refractivity contribution in [3.8, 4) is 5.75 Å². The van der Waals surface area contributed by atoms with Crippen LogP contribution in [0, 0.1) is 0 Å². The number of hydrogen-bond acceptors (Lipinski definition) is 3. The largest absolute Gasteiger partial charge is 0.435 e. The summed E-state index contributed by atoms with van der Waals surface area (Å²) in [4.78, 5) is 2.30. The van der Waals surface area contributed by atoms with Crippen molar-refractivity contribution in [2.45, 2.75) is 32.0 Å². The van der Waals surface area contributed by atoms with Crippen LogP contribution in [0.1, 0.15) is 24.9 Å². The molecule has 0 radical (unpaired) electrons. The maximum Gasteiger partial charge on any atom is 0.387 e. The van der Waals surface area contributed by atoms with E-state index < -0.39 is 6.61 Å². The molecule has 1 aliphatic heterocycles. The van der Waals surface area contributed by atoms with E-state index in [1.54, 1.807) is 12.1 Å². The third-order valence-corrected chi connectivity index (χ3v) is 3.48. The van der Waals surface area contributed by atoms with Gasteiger partial charge in [-0.1, -0.05) is 12.1 Å². The van der Waals surface area contributed by atoms with E-state index in [2.05, 4.69) is 28.9 Å². The molecule has 1 aromatic carbocycles. The van der Waals surface area contributed by atoms with Crippen molar-refractivity contribution in [1.82, 2.24) is 10.2 Å². The quantitative estimate of drug-likeness (QED) is 0.890. The van der Waals surface area contributed by atoms with E-state index in [1.807, 2.05) is 12.1 Å². The Bertz CT molecular complexity index is 397. The molecule has 0 bridgehead atoms. The zero-order valence-electron chi connectivity index (χ0n) is 11.3. The van der Waals surface area contributed by atoms with E-state index in [0.717, 1.165) is 25.1 Å². The monoisotopic (exact) mass is 270 g/mol. The van der Waals surface area contributed by atoms with E-state index in [0.29, 0.717) is 6.04 Å². The predicted octanol–water partition coefficient (Wildman–Crippen LogP) is 2.64. The summed E-state index contributed by atoms with van der Waals surface area (Å²) in [5.41, 5.74) is 1.08. The second kappa shape index (κ2) is 6.30. The lowest BCUT2D eigenvalue weighted by molar-refractivity contribution is -0.0498. The highest BCUT2D eigenvalue weighted by molar-refractivity contribution is 5.29. The highest BCUT2D eigenvalue weighted by atomic mass is 19.3. The Kier molecular flexibility index (Phi) is 4.71. The summed E-state index contributed by atoms with van der Waals surface area (Å²) < 4.78 is 28.4. The van der Waals surface area contributed by atoms with Gasteiger partial charge < -0.3 is 15.0 Å². The Morgan fingerprint density at radius 1 is 1.32 bits per heavy atom. The van der Waals surface area contributed by atoms with Crippen LogP contribution in [-0.4, -0.2) is 37.7 Å². The molecule has 5 heteroatoms. The maximum atomic E-state index is 12.0. The molecule has 1 saturated heterocycles. The van der Waals surface area contributed by atoms with E-state index >= 15 is 0 Å². The van der Waals surface area contributed by atoms with Crippen molar-refractivity contribution in [1.29, 1.82) is 0 Å². The average Bonchev–Trinajstić information content (AvgIpc) is 2.75. The van der Waals surface area contributed by atoms with Gasteiger partial charge in [0.2, 0.25) is 0 Å². The van der Waals surface area contributed by atoms with Crippen molar-refractivity contribution in [2.75, 3.05) is 20.1 Å². The number of nitrogens with zero attached hydrogens (tertiary/aromatic N) is 1. The van der Waals surface area contributed by atoms with E-state index in [1.165, 1.54) is 0 Å². The van der Waals surface area contributed by atoms with Gasteiger partial charge in [-0.2, -0.15) is 8.78 Å². The highest BCUT2D eigenvalue weighted by Crippen LogP contribution is 2.20. The normalized spacial score (nSPS) is 21.8. The number of rotatable bonds is 5. The fourth-order valence-electron chi connectivity index (χ4n) is 2.46. The topological polar surface area (TPSA) is 24.5 Å². The van der Waals surface area contributed by atoms with E-state index in [-0.39, 0.29) is 11.8 Å². The molecule has 0 aromatic heterocycles. The van der Waals surface area contributed by atoms with Crippen molar-refractivity contribution in [2.24, 2.45) is 0 Å². The number of alkyl halides is 2. The van der Waals surface area contributed by atoms with Gasteiger partial charge in [-0.15, -0.1) is 0 Å². The smallest absolute Gasteiger partial charge is 0.387 e. The van der Waals surface area contributed by atoms with Gasteiger partial charge in [0.1, 0.15) is 5.75 Å². The third-order valence-electron chi connectivity index (χ3n) is 3.48. The minimum atomic E-state index is -2.77. The number of likely N-dealkylation sites (N-methyl/N-ethyl adjacent to an activating group) is 1. The van der Waals surface area contributed by atoms with Crippen LogP contribution in [0.3, 0.4) is 0 Å². The second-order valence-electron chi connectivity index (χ2n) is 5.08. The Labute approximate surface area is 112 Å². The first-order chi connectivity index (χ1) is 9.04. The Balaban J connectivity index is 1.90. The molecule has 2 unspecified atom stereocenters. The molecule has 0 saturated carbocycles. The molecule has 0 amide bonds. The molecule has 1 heterocycles. The third kappa shape index (κ3) is 4.14. The maximum absolute atomic E-state index is 12.0. The summed E-state index contributed by atoms with van der Waals surface area (Å²) in [7, 11) is 2.11. The van der Waals surface area contributed by atoms with Gasteiger partial charge in [0.15, 0.2) is 0 Å². The summed E-state index contributed by atoms with van der Waals surface area (Å²) in [6.07, 6.45) is 1.15. The van der Waals surface area contributed by atoms with Gasteiger partial charge in [0.05, 0.1) is 0 Å². The van der Waals surface area contributed by atoms with Crippen LogP contribution in [0.15, 0.2) is 24.3 Å². The number of hydrogen-bond donors (Lipinski definition) is 1. The molecule has 1 fully saturated rings. The van der Waals surface area contributed by atoms with Crippen LogP contribution in [0.2, 0.25) is 0 Å². The Hall–Kier alpha value is -1.20. The first-order valence-corrected chi connectivity index (χ1v) is 6.54. The Morgan fingerprint density at radius 3 is 2.53 bits per heavy atom. The standard InChI is InChI=1S/C14H20F2N2O/c1-10(17-12-7-8-18(2)9-12)11-3-5-13(6-4-11)19-14(15)16/h3-6,10,12,14,17H,7-9H2,1-2H3. The molecular formula is C14H20F2N2O. The average molecular weight is 270 g/mol. The van der Waals surface area contributed by atoms with E-state index in [4.69, 9.17) is 0 Å². The summed E-state index contributed by atoms with van der Waals surface area (Å²) in [6, 6.07) is 7.53. The molecular weight excluding hydrogens is 250 g/mol. The fourth-order valence-corrected chi connectivity index (χ4v) is 2.46. The van der Waals surface area contributed by atoms with Crippen molar-refractivity contribution in [3.63, 3.8) is 0 Å². The number of nitrogens with one attached hydrogen (secondary N) is 1. The van der Waals surface area contributed by atoms with Crippen LogP contribution >= 0.6 is 0 Å². The summed E-state index contributed by atoms with van der Waals surface area (Å²) >= 11 is 0. The van der Waals surface area contributed by atoms with Crippen molar-refractivity contribution >= 4 is 0 Å². The highest BCUT2D eigenvalue weighted by Gasteiger charge is 2.21. The molecule has 0 aliphatic carbocycles.